The van der Waals surface area contributed by atoms with Gasteiger partial charge in [0.1, 0.15) is 11.8 Å². The molecule has 0 radical (unpaired) electrons. The molecule has 7 heteroatoms. The molecule has 0 amide bonds. The molecule has 1 aliphatic heterocycles. The Bertz CT molecular complexity index is 1040. The standard InChI is InChI=1S/C29H45N7.C2H6.CH4/c1-2-3-13-35(19-25-14-23(16-31-17-25)10-9-22-7-5-4-6-8-22)18-24-11-12-26(15-24)36-21-34-27-28(30)32-20-33-29(27)36;1-2;/h4-5,7,20-21,23-26,31H,2-3,6,8-19H2,1H3,(H2,30,32,33);1-2H3;1H4. The van der Waals surface area contributed by atoms with Crippen molar-refractivity contribution in [1.29, 1.82) is 0 Å². The lowest BCUT2D eigenvalue weighted by molar-refractivity contribution is 0.160. The molecule has 39 heavy (non-hydrogen) atoms. The van der Waals surface area contributed by atoms with Crippen molar-refractivity contribution in [2.75, 3.05) is 38.5 Å². The lowest BCUT2D eigenvalue weighted by Crippen LogP contribution is -2.43. The van der Waals surface area contributed by atoms with Gasteiger partial charge >= 0.3 is 0 Å². The molecule has 2 aromatic heterocycles. The van der Waals surface area contributed by atoms with E-state index in [9.17, 15) is 0 Å². The summed E-state index contributed by atoms with van der Waals surface area (Å²) in [5.41, 5.74) is 9.29. The molecule has 4 atom stereocenters. The number of allylic oxidation sites excluding steroid dienone is 4. The number of hydrogen-bond donors (Lipinski definition) is 2. The van der Waals surface area contributed by atoms with E-state index in [4.69, 9.17) is 5.73 Å². The first-order valence-electron chi connectivity index (χ1n) is 15.4. The van der Waals surface area contributed by atoms with Crippen molar-refractivity contribution >= 4 is 17.0 Å². The molecule has 5 rings (SSSR count). The second kappa shape index (κ2) is 16.1. The van der Waals surface area contributed by atoms with Crippen LogP contribution in [0.4, 0.5) is 5.82 Å². The van der Waals surface area contributed by atoms with Crippen LogP contribution in [0, 0.1) is 17.8 Å². The molecule has 3 heterocycles. The highest BCUT2D eigenvalue weighted by molar-refractivity contribution is 5.81. The zero-order valence-corrected chi connectivity index (χ0v) is 24.1. The predicted octanol–water partition coefficient (Wildman–Crippen LogP) is 6.80. The fraction of sp³-hybridized carbons (Fsp3) is 0.719. The number of aromatic nitrogens is 4. The van der Waals surface area contributed by atoms with Gasteiger partial charge in [0.05, 0.1) is 6.33 Å². The van der Waals surface area contributed by atoms with E-state index >= 15 is 0 Å². The highest BCUT2D eigenvalue weighted by Crippen LogP contribution is 2.37. The first kappa shape index (κ1) is 31.3. The lowest BCUT2D eigenvalue weighted by Gasteiger charge is -2.35. The van der Waals surface area contributed by atoms with Gasteiger partial charge in [-0.2, -0.15) is 0 Å². The summed E-state index contributed by atoms with van der Waals surface area (Å²) < 4.78 is 2.25. The van der Waals surface area contributed by atoms with Crippen LogP contribution in [0.1, 0.15) is 98.4 Å². The minimum absolute atomic E-state index is 0. The molecule has 4 unspecified atom stereocenters. The maximum Gasteiger partial charge on any atom is 0.165 e. The molecular weight excluding hydrogens is 482 g/mol. The van der Waals surface area contributed by atoms with Crippen LogP contribution in [0.3, 0.4) is 0 Å². The third-order valence-electron chi connectivity index (χ3n) is 8.66. The highest BCUT2D eigenvalue weighted by atomic mass is 15.2. The molecule has 3 aliphatic rings. The Morgan fingerprint density at radius 1 is 1.05 bits per heavy atom. The summed E-state index contributed by atoms with van der Waals surface area (Å²) in [6.45, 7) is 12.4. The summed E-state index contributed by atoms with van der Waals surface area (Å²) in [7, 11) is 0. The molecule has 7 nitrogen and oxygen atoms in total. The maximum absolute atomic E-state index is 6.02. The second-order valence-corrected chi connectivity index (χ2v) is 11.5. The SMILES string of the molecule is C.CC.CCCCN(CC1CNCC(CCC2=CC=CCC2)C1)CC1CCC(n2cnc3c(N)ncnc32)C1. The predicted molar refractivity (Wildman–Crippen MR) is 166 cm³/mol. The van der Waals surface area contributed by atoms with Gasteiger partial charge in [-0.15, -0.1) is 0 Å². The zero-order chi connectivity index (χ0) is 26.7. The number of fused-ring (bicyclic) bond motifs is 1. The Labute approximate surface area is 237 Å². The molecule has 1 saturated carbocycles. The molecule has 218 valence electrons. The normalized spacial score (nSPS) is 24.8. The minimum Gasteiger partial charge on any atom is -0.382 e. The maximum atomic E-state index is 6.02. The fourth-order valence-electron chi connectivity index (χ4n) is 6.71. The largest absolute Gasteiger partial charge is 0.382 e. The number of imidazole rings is 1. The van der Waals surface area contributed by atoms with Gasteiger partial charge in [-0.05, 0) is 95.2 Å². The molecule has 2 aliphatic carbocycles. The van der Waals surface area contributed by atoms with E-state index in [1.807, 2.05) is 20.2 Å². The number of nitrogens with one attached hydrogen (secondary N) is 1. The van der Waals surface area contributed by atoms with Crippen LogP contribution in [-0.4, -0.2) is 57.1 Å². The summed E-state index contributed by atoms with van der Waals surface area (Å²) in [6, 6.07) is 0.465. The van der Waals surface area contributed by atoms with E-state index in [-0.39, 0.29) is 7.43 Å². The van der Waals surface area contributed by atoms with Gasteiger partial charge in [0, 0.05) is 19.1 Å². The second-order valence-electron chi connectivity index (χ2n) is 11.5. The van der Waals surface area contributed by atoms with Crippen molar-refractivity contribution in [3.63, 3.8) is 0 Å². The van der Waals surface area contributed by atoms with E-state index < -0.39 is 0 Å². The Kier molecular flexibility index (Phi) is 12.9. The summed E-state index contributed by atoms with van der Waals surface area (Å²) >= 11 is 0. The van der Waals surface area contributed by atoms with Crippen molar-refractivity contribution in [3.8, 4) is 0 Å². The van der Waals surface area contributed by atoms with Gasteiger partial charge in [-0.25, -0.2) is 15.0 Å². The van der Waals surface area contributed by atoms with Crippen molar-refractivity contribution in [2.24, 2.45) is 17.8 Å². The van der Waals surface area contributed by atoms with Crippen molar-refractivity contribution in [3.05, 3.63) is 36.5 Å². The topological polar surface area (TPSA) is 84.9 Å². The van der Waals surface area contributed by atoms with E-state index in [1.165, 1.54) is 96.9 Å². The Morgan fingerprint density at radius 3 is 2.67 bits per heavy atom. The fourth-order valence-corrected chi connectivity index (χ4v) is 6.71. The Balaban J connectivity index is 0.00000137. The lowest BCUT2D eigenvalue weighted by atomic mass is 9.85. The van der Waals surface area contributed by atoms with E-state index in [0.29, 0.717) is 11.9 Å². The molecular formula is C32H55N7. The number of unbranched alkanes of at least 4 members (excludes halogenated alkanes) is 1. The van der Waals surface area contributed by atoms with Gasteiger partial charge in [-0.1, -0.05) is 58.4 Å². The quantitative estimate of drug-likeness (QED) is 0.328. The van der Waals surface area contributed by atoms with Crippen LogP contribution in [0.15, 0.2) is 36.5 Å². The third-order valence-corrected chi connectivity index (χ3v) is 8.66. The van der Waals surface area contributed by atoms with Gasteiger partial charge in [0.2, 0.25) is 0 Å². The first-order chi connectivity index (χ1) is 18.7. The molecule has 0 aromatic carbocycles. The smallest absolute Gasteiger partial charge is 0.165 e. The number of anilines is 1. The van der Waals surface area contributed by atoms with E-state index in [1.54, 1.807) is 11.9 Å². The number of hydrogen-bond acceptors (Lipinski definition) is 6. The van der Waals surface area contributed by atoms with Crippen molar-refractivity contribution in [2.45, 2.75) is 98.4 Å². The van der Waals surface area contributed by atoms with Crippen molar-refractivity contribution < 1.29 is 0 Å². The Morgan fingerprint density at radius 2 is 1.87 bits per heavy atom. The van der Waals surface area contributed by atoms with E-state index in [2.05, 4.69) is 54.9 Å². The number of piperidine rings is 1. The van der Waals surface area contributed by atoms with Crippen LogP contribution in [0.25, 0.3) is 11.2 Å². The minimum atomic E-state index is 0. The molecule has 3 N–H and O–H groups in total. The summed E-state index contributed by atoms with van der Waals surface area (Å²) in [5, 5.41) is 3.78. The highest BCUT2D eigenvalue weighted by Gasteiger charge is 2.30. The van der Waals surface area contributed by atoms with E-state index in [0.717, 1.165) is 28.9 Å². The number of nitrogen functional groups attached to an aromatic ring is 1. The molecule has 2 fully saturated rings. The summed E-state index contributed by atoms with van der Waals surface area (Å²) in [6.07, 6.45) is 23.1. The van der Waals surface area contributed by atoms with Crippen LogP contribution >= 0.6 is 0 Å². The first-order valence-corrected chi connectivity index (χ1v) is 15.4. The van der Waals surface area contributed by atoms with Crippen LogP contribution in [-0.2, 0) is 0 Å². The van der Waals surface area contributed by atoms with Gasteiger partial charge in [-0.3, -0.25) is 0 Å². The van der Waals surface area contributed by atoms with Gasteiger partial charge in [0.15, 0.2) is 11.5 Å². The van der Waals surface area contributed by atoms with Gasteiger partial charge < -0.3 is 20.5 Å². The third kappa shape index (κ3) is 8.62. The Hall–Kier alpha value is -2.25. The van der Waals surface area contributed by atoms with Crippen molar-refractivity contribution in [1.82, 2.24) is 29.7 Å². The van der Waals surface area contributed by atoms with Crippen LogP contribution < -0.4 is 11.1 Å². The number of nitrogens with zero attached hydrogens (tertiary/aromatic N) is 5. The molecule has 0 spiro atoms. The average Bonchev–Trinajstić information content (AvgIpc) is 3.60. The average molecular weight is 538 g/mol. The number of rotatable bonds is 11. The number of nitrogens with two attached hydrogens (primary N) is 1. The monoisotopic (exact) mass is 537 g/mol. The van der Waals surface area contributed by atoms with Crippen LogP contribution in [0.2, 0.25) is 0 Å². The summed E-state index contributed by atoms with van der Waals surface area (Å²) in [5.74, 6) is 2.81. The molecule has 2 aromatic rings. The molecule has 1 saturated heterocycles. The van der Waals surface area contributed by atoms with Gasteiger partial charge in [0.25, 0.3) is 0 Å². The van der Waals surface area contributed by atoms with Crippen LogP contribution in [0.5, 0.6) is 0 Å². The zero-order valence-electron chi connectivity index (χ0n) is 24.1. The summed E-state index contributed by atoms with van der Waals surface area (Å²) in [4.78, 5) is 15.9. The molecule has 0 bridgehead atoms.